The molecule has 4 aromatic carbocycles. The molecule has 0 unspecified atom stereocenters. The first-order chi connectivity index (χ1) is 40.1. The molecule has 2 aliphatic carbocycles. The van der Waals surface area contributed by atoms with Crippen molar-refractivity contribution in [1.29, 1.82) is 10.8 Å². The van der Waals surface area contributed by atoms with E-state index in [1.165, 1.54) is 18.2 Å². The number of carbonyl (C=O) groups is 6. The second kappa shape index (κ2) is 23.7. The number of imide groups is 1. The molecule has 0 radical (unpaired) electrons. The number of amides is 3. The number of carboxylic acid groups (broad SMARTS) is 2. The van der Waals surface area contributed by atoms with Gasteiger partial charge < -0.3 is 64.6 Å². The van der Waals surface area contributed by atoms with E-state index in [0.29, 0.717) is 6.54 Å². The average molecular weight is 1250 g/mol. The second-order valence-corrected chi connectivity index (χ2v) is 22.8. The number of nitrogens with two attached hydrogens (primary N) is 3. The van der Waals surface area contributed by atoms with Gasteiger partial charge in [-0.2, -0.15) is 0 Å². The third kappa shape index (κ3) is 12.3. The summed E-state index contributed by atoms with van der Waals surface area (Å²) in [5, 5.41) is 36.5. The zero-order valence-electron chi connectivity index (χ0n) is 42.8. The normalized spacial score (nSPS) is 12.6. The molecule has 3 amide bonds. The molecule has 0 atom stereocenters. The van der Waals surface area contributed by atoms with E-state index in [1.807, 2.05) is 0 Å². The minimum atomic E-state index is -5.48. The van der Waals surface area contributed by atoms with Gasteiger partial charge in [0.15, 0.2) is 22.7 Å². The summed E-state index contributed by atoms with van der Waals surface area (Å²) in [4.78, 5) is 73.6. The zero-order chi connectivity index (χ0) is 63.9. The maximum atomic E-state index is 12.7. The van der Waals surface area contributed by atoms with Gasteiger partial charge >= 0.3 is 17.9 Å². The summed E-state index contributed by atoms with van der Waals surface area (Å²) in [6.07, 6.45) is 9.38. The number of hydrogen-bond donors (Lipinski definition) is 8. The number of aromatic carboxylic acids is 2. The van der Waals surface area contributed by atoms with Crippen LogP contribution in [0.2, 0.25) is 0 Å². The molecule has 9 rings (SSSR count). The number of anilines is 2. The highest BCUT2D eigenvalue weighted by atomic mass is 32.2. The fourth-order valence-electron chi connectivity index (χ4n) is 8.73. The van der Waals surface area contributed by atoms with E-state index < -0.39 is 157 Å². The van der Waals surface area contributed by atoms with E-state index >= 15 is 0 Å². The molecule has 0 aromatic heterocycles. The van der Waals surface area contributed by atoms with Crippen LogP contribution in [0.15, 0.2) is 113 Å². The first-order valence-electron chi connectivity index (χ1n) is 23.3. The number of nitrogens with one attached hydrogen (secondary N) is 3. The maximum absolute atomic E-state index is 12.7. The summed E-state index contributed by atoms with van der Waals surface area (Å²) in [7, 11) is -21.7. The van der Waals surface area contributed by atoms with Crippen molar-refractivity contribution in [3.8, 4) is 69.6 Å². The van der Waals surface area contributed by atoms with Crippen LogP contribution in [0.4, 0.5) is 11.4 Å². The summed E-state index contributed by atoms with van der Waals surface area (Å²) in [5.41, 5.74) is 10.3. The molecule has 1 fully saturated rings. The Kier molecular flexibility index (Phi) is 17.4. The van der Waals surface area contributed by atoms with Crippen molar-refractivity contribution in [3.05, 3.63) is 118 Å². The van der Waals surface area contributed by atoms with Crippen LogP contribution in [0.25, 0.3) is 66.8 Å². The maximum Gasteiger partial charge on any atom is 0.363 e. The fourth-order valence-corrected chi connectivity index (χ4v) is 11.6. The molecular weight excluding hydrogens is 1220 g/mol. The van der Waals surface area contributed by atoms with Gasteiger partial charge in [0.2, 0.25) is 0 Å². The first kappa shape index (κ1) is 63.2. The molecule has 0 saturated carbocycles. The number of nitrogen functional groups attached to an aromatic ring is 2. The number of rotatable bonds is 12. The van der Waals surface area contributed by atoms with E-state index in [-0.39, 0.29) is 74.2 Å². The van der Waals surface area contributed by atoms with E-state index in [2.05, 4.69) is 23.6 Å². The van der Waals surface area contributed by atoms with Crippen molar-refractivity contribution >= 4 is 109 Å². The second-order valence-electron chi connectivity index (χ2n) is 17.5. The van der Waals surface area contributed by atoms with Gasteiger partial charge in [-0.05, 0) is 83.9 Å². The molecule has 1 saturated heterocycles. The molecule has 11 N–H and O–H groups in total. The fraction of sp³-hybridized carbons (Fsp3) is 0.0769. The third-order valence-corrected chi connectivity index (χ3v) is 15.8. The van der Waals surface area contributed by atoms with Crippen molar-refractivity contribution in [2.24, 2.45) is 5.73 Å². The highest BCUT2D eigenvalue weighted by Gasteiger charge is 2.35. The number of benzene rings is 6. The minimum Gasteiger partial charge on any atom is -0.744 e. The molecule has 30 nitrogen and oxygen atoms in total. The monoisotopic (exact) mass is 1250 g/mol. The van der Waals surface area contributed by atoms with Gasteiger partial charge in [-0.3, -0.25) is 25.2 Å². The number of carboxylic acids is 2. The van der Waals surface area contributed by atoms with Crippen LogP contribution in [0, 0.1) is 35.5 Å². The predicted molar refractivity (Wildman–Crippen MR) is 288 cm³/mol. The Labute approximate surface area is 483 Å². The lowest BCUT2D eigenvalue weighted by Gasteiger charge is -2.22. The molecule has 3 aliphatic heterocycles. The molecular formula is C52H35N7O23S4-4. The van der Waals surface area contributed by atoms with E-state index in [4.69, 9.17) is 48.1 Å². The number of fused-ring (bicyclic) bond motifs is 4. The Bertz CT molecular complexity index is 4910. The van der Waals surface area contributed by atoms with Crippen molar-refractivity contribution in [1.82, 2.24) is 10.4 Å². The van der Waals surface area contributed by atoms with Crippen molar-refractivity contribution < 1.29 is 105 Å². The Morgan fingerprint density at radius 1 is 0.593 bits per heavy atom. The molecule has 0 spiro atoms. The van der Waals surface area contributed by atoms with Crippen molar-refractivity contribution in [2.45, 2.75) is 32.4 Å². The van der Waals surface area contributed by atoms with Crippen LogP contribution < -0.4 is 33.2 Å². The summed E-state index contributed by atoms with van der Waals surface area (Å²) < 4.78 is 157. The first-order valence-corrected chi connectivity index (χ1v) is 29.0. The standard InChI is InChI=1S/C25H17N3O13S2.C24H17N3O10S2.C3H5N/c26-15-5-3-12-19(11-2-1-10(9-14(11)24(31)32)25(33)41-28-17(29)7-8-18(28)30)13-4-6-16(27)23(43(37,38)39)21(13)40-20(12)22(15)42(34,35)36;1-2-9-27-23(28)11-3-4-12(15(10-11)24(29)30)18-13-5-7-16(25)21(38(31,32)33)19(13)37-20-14(18)6-8-17(26)22(20)39(34,35)36;1-2-3-4/h1-6,9,26H,7-8,27H2,(H,31,32)(H,34,35,36)(H,37,38,39);1,3-8,10,25H,9,26H2,(H,27,28)(H,29,30)(H,31,32,33)(H,34,35,36);1H,3-4H2/p-4. The molecule has 444 valence electrons. The van der Waals surface area contributed by atoms with Gasteiger partial charge in [-0.25, -0.2) is 48.1 Å². The van der Waals surface area contributed by atoms with Crippen molar-refractivity contribution in [2.75, 3.05) is 24.6 Å². The lowest BCUT2D eigenvalue weighted by Crippen LogP contribution is -2.32. The highest BCUT2D eigenvalue weighted by Crippen LogP contribution is 2.48. The van der Waals surface area contributed by atoms with Crippen LogP contribution in [0.5, 0.6) is 0 Å². The Morgan fingerprint density at radius 2 is 0.965 bits per heavy atom. The number of carbonyl (C=O) groups excluding carboxylic acids is 4. The number of hydroxylamine groups is 2. The topological polar surface area (TPSA) is 548 Å². The molecule has 4 aromatic rings. The minimum absolute atomic E-state index is 0.107. The smallest absolute Gasteiger partial charge is 0.363 e. The van der Waals surface area contributed by atoms with E-state index in [1.54, 1.807) is 0 Å². The summed E-state index contributed by atoms with van der Waals surface area (Å²) in [6, 6.07) is 14.8. The van der Waals surface area contributed by atoms with E-state index in [9.17, 15) is 90.9 Å². The van der Waals surface area contributed by atoms with Crippen LogP contribution >= 0.6 is 0 Å². The van der Waals surface area contributed by atoms with Crippen LogP contribution in [0.1, 0.15) is 54.3 Å². The third-order valence-electron chi connectivity index (χ3n) is 12.2. The molecule has 34 heteroatoms. The number of nitrogens with zero attached hydrogens (tertiary/aromatic N) is 1. The van der Waals surface area contributed by atoms with Gasteiger partial charge in [0.05, 0.1) is 51.9 Å². The number of terminal acetylenes is 2. The van der Waals surface area contributed by atoms with Crippen LogP contribution in [0.3, 0.4) is 0 Å². The van der Waals surface area contributed by atoms with Crippen molar-refractivity contribution in [3.63, 3.8) is 0 Å². The summed E-state index contributed by atoms with van der Waals surface area (Å²) in [5.74, 6) is -4.04. The zero-order valence-corrected chi connectivity index (χ0v) is 46.1. The predicted octanol–water partition coefficient (Wildman–Crippen LogP) is 1.71. The highest BCUT2D eigenvalue weighted by molar-refractivity contribution is 7.86. The Morgan fingerprint density at radius 3 is 1.33 bits per heavy atom. The molecule has 0 bridgehead atoms. The Hall–Kier alpha value is -10.4. The van der Waals surface area contributed by atoms with E-state index in [0.717, 1.165) is 66.7 Å². The molecule has 5 aliphatic rings. The van der Waals surface area contributed by atoms with Gasteiger partial charge in [0, 0.05) is 51.4 Å². The molecule has 3 heterocycles. The van der Waals surface area contributed by atoms with Crippen LogP contribution in [-0.2, 0) is 54.9 Å². The average Bonchev–Trinajstić information content (AvgIpc) is 0.816. The van der Waals surface area contributed by atoms with Gasteiger partial charge in [-0.15, -0.1) is 17.9 Å². The van der Waals surface area contributed by atoms with Gasteiger partial charge in [0.1, 0.15) is 60.1 Å². The lowest BCUT2D eigenvalue weighted by atomic mass is 9.89. The Balaban J connectivity index is 0.000000233. The number of hydrogen-bond acceptors (Lipinski definition) is 26. The van der Waals surface area contributed by atoms with Gasteiger partial charge in [0.25, 0.3) is 17.7 Å². The van der Waals surface area contributed by atoms with Crippen LogP contribution in [-0.4, -0.2) is 116 Å². The quantitative estimate of drug-likeness (QED) is 0.0284. The lowest BCUT2D eigenvalue weighted by molar-refractivity contribution is -0.172. The molecule has 86 heavy (non-hydrogen) atoms. The van der Waals surface area contributed by atoms with Gasteiger partial charge in [-0.1, -0.05) is 24.0 Å². The SMILES string of the molecule is C#CCN.C#CCNC(=O)c1ccc(-c2c3ccc(=N)c(S(=O)(=O)[O-])c-3oc3c(S(=O)(=O)[O-])c(N)ccc23)c(C(=O)O)c1.N=c1ccc2c(-c3ccc(C(=O)ON4C(=O)CCC4=O)cc3C(=O)O)c3ccc(N)c(S(=O)(=O)[O-])c3oc-2c1S(=O)(=O)[O-]. The summed E-state index contributed by atoms with van der Waals surface area (Å²) in [6.45, 7) is 0.203. The summed E-state index contributed by atoms with van der Waals surface area (Å²) >= 11 is 0. The largest absolute Gasteiger partial charge is 0.744 e.